The summed E-state index contributed by atoms with van der Waals surface area (Å²) in [4.78, 5) is 23.9. The van der Waals surface area contributed by atoms with Gasteiger partial charge in [-0.25, -0.2) is 0 Å². The summed E-state index contributed by atoms with van der Waals surface area (Å²) < 4.78 is 5.13. The Morgan fingerprint density at radius 1 is 0.962 bits per heavy atom. The minimum absolute atomic E-state index is 0.113. The molecule has 3 aromatic rings. The third-order valence-corrected chi connectivity index (χ3v) is 3.81. The van der Waals surface area contributed by atoms with E-state index in [0.717, 1.165) is 11.1 Å². The van der Waals surface area contributed by atoms with Gasteiger partial charge in [-0.1, -0.05) is 47.6 Å². The van der Waals surface area contributed by atoms with Gasteiger partial charge >= 0.3 is 0 Å². The molecule has 0 aliphatic rings. The second-order valence-corrected chi connectivity index (χ2v) is 5.68. The maximum Gasteiger partial charge on any atom is 0.290 e. The molecule has 1 aromatic heterocycles. The average molecular weight is 349 g/mol. The van der Waals surface area contributed by atoms with Crippen LogP contribution in [-0.4, -0.2) is 23.5 Å². The van der Waals surface area contributed by atoms with Gasteiger partial charge in [-0.3, -0.25) is 9.59 Å². The molecule has 0 spiro atoms. The molecule has 0 aliphatic heterocycles. The van der Waals surface area contributed by atoms with Crippen LogP contribution >= 0.6 is 0 Å². The van der Waals surface area contributed by atoms with Gasteiger partial charge in [0.15, 0.2) is 0 Å². The predicted molar refractivity (Wildman–Crippen MR) is 97.6 cm³/mol. The molecule has 2 aromatic carbocycles. The number of nitrogens with zero attached hydrogens (tertiary/aromatic N) is 1. The molecule has 6 heteroatoms. The number of carbonyl (C=O) groups excluding carboxylic acids is 2. The van der Waals surface area contributed by atoms with Crippen LogP contribution in [0.3, 0.4) is 0 Å². The van der Waals surface area contributed by atoms with Gasteiger partial charge in [0.25, 0.3) is 11.8 Å². The molecule has 0 aliphatic carbocycles. The fourth-order valence-electron chi connectivity index (χ4n) is 2.43. The van der Waals surface area contributed by atoms with Crippen LogP contribution in [0, 0.1) is 0 Å². The molecule has 1 heterocycles. The summed E-state index contributed by atoms with van der Waals surface area (Å²) in [5.74, 6) is -0.298. The van der Waals surface area contributed by atoms with E-state index in [1.54, 1.807) is 30.3 Å². The highest BCUT2D eigenvalue weighted by Crippen LogP contribution is 2.18. The normalized spacial score (nSPS) is 10.3. The number of hydrogen-bond donors (Lipinski definition) is 2. The minimum Gasteiger partial charge on any atom is -0.352 e. The van der Waals surface area contributed by atoms with Crippen LogP contribution in [0.5, 0.6) is 0 Å². The Balaban J connectivity index is 1.59. The van der Waals surface area contributed by atoms with Crippen molar-refractivity contribution in [3.8, 4) is 11.3 Å². The molecule has 2 N–H and O–H groups in total. The van der Waals surface area contributed by atoms with E-state index in [1.807, 2.05) is 37.3 Å². The Kier molecular flexibility index (Phi) is 5.43. The van der Waals surface area contributed by atoms with Crippen molar-refractivity contribution in [3.05, 3.63) is 77.6 Å². The van der Waals surface area contributed by atoms with Gasteiger partial charge < -0.3 is 15.2 Å². The summed E-state index contributed by atoms with van der Waals surface area (Å²) in [6.07, 6.45) is 0. The smallest absolute Gasteiger partial charge is 0.290 e. The zero-order chi connectivity index (χ0) is 18.4. The van der Waals surface area contributed by atoms with E-state index >= 15 is 0 Å². The van der Waals surface area contributed by atoms with Crippen LogP contribution in [0.4, 0.5) is 0 Å². The third kappa shape index (κ3) is 4.16. The van der Waals surface area contributed by atoms with E-state index in [4.69, 9.17) is 4.52 Å². The third-order valence-electron chi connectivity index (χ3n) is 3.81. The van der Waals surface area contributed by atoms with Crippen LogP contribution < -0.4 is 10.6 Å². The lowest BCUT2D eigenvalue weighted by Crippen LogP contribution is -2.23. The molecule has 0 saturated carbocycles. The van der Waals surface area contributed by atoms with Gasteiger partial charge in [0.05, 0.1) is 0 Å². The van der Waals surface area contributed by atoms with E-state index < -0.39 is 0 Å². The topological polar surface area (TPSA) is 84.2 Å². The van der Waals surface area contributed by atoms with Gasteiger partial charge in [0, 0.05) is 30.3 Å². The van der Waals surface area contributed by atoms with Crippen molar-refractivity contribution < 1.29 is 14.1 Å². The molecule has 26 heavy (non-hydrogen) atoms. The summed E-state index contributed by atoms with van der Waals surface area (Å²) in [6, 6.07) is 18.2. The van der Waals surface area contributed by atoms with Crippen LogP contribution in [-0.2, 0) is 6.54 Å². The molecule has 0 atom stereocenters. The Morgan fingerprint density at radius 2 is 1.69 bits per heavy atom. The highest BCUT2D eigenvalue weighted by Gasteiger charge is 2.13. The highest BCUT2D eigenvalue weighted by atomic mass is 16.5. The monoisotopic (exact) mass is 349 g/mol. The summed E-state index contributed by atoms with van der Waals surface area (Å²) in [6.45, 7) is 2.78. The molecule has 6 nitrogen and oxygen atoms in total. The first kappa shape index (κ1) is 17.4. The number of aromatic nitrogens is 1. The first-order valence-electron chi connectivity index (χ1n) is 8.35. The second-order valence-electron chi connectivity index (χ2n) is 5.68. The van der Waals surface area contributed by atoms with Gasteiger partial charge in [-0.15, -0.1) is 0 Å². The molecule has 0 radical (unpaired) electrons. The number of hydrogen-bond acceptors (Lipinski definition) is 4. The summed E-state index contributed by atoms with van der Waals surface area (Å²) in [7, 11) is 0. The van der Waals surface area contributed by atoms with Gasteiger partial charge in [0.1, 0.15) is 5.69 Å². The quantitative estimate of drug-likeness (QED) is 0.716. The largest absolute Gasteiger partial charge is 0.352 e. The number of rotatable bonds is 6. The van der Waals surface area contributed by atoms with Crippen molar-refractivity contribution in [1.82, 2.24) is 15.8 Å². The second kappa shape index (κ2) is 8.11. The molecule has 0 fully saturated rings. The fourth-order valence-corrected chi connectivity index (χ4v) is 2.43. The van der Waals surface area contributed by atoms with E-state index in [0.29, 0.717) is 24.3 Å². The zero-order valence-electron chi connectivity index (χ0n) is 14.4. The number of carbonyl (C=O) groups is 2. The molecular formula is C20H19N3O3. The summed E-state index contributed by atoms with van der Waals surface area (Å²) >= 11 is 0. The SMILES string of the molecule is CCNC(=O)c1ccc(CNC(=O)c2cc(-c3ccccc3)no2)cc1. The van der Waals surface area contributed by atoms with Crippen molar-refractivity contribution >= 4 is 11.8 Å². The van der Waals surface area contributed by atoms with Gasteiger partial charge in [-0.05, 0) is 24.6 Å². The summed E-state index contributed by atoms with van der Waals surface area (Å²) in [5, 5.41) is 9.45. The molecule has 3 rings (SSSR count). The van der Waals surface area contributed by atoms with Crippen molar-refractivity contribution in [2.45, 2.75) is 13.5 Å². The van der Waals surface area contributed by atoms with Crippen LogP contribution in [0.2, 0.25) is 0 Å². The standard InChI is InChI=1S/C20H19N3O3/c1-2-21-19(24)16-10-8-14(9-11-16)13-22-20(25)18-12-17(23-26-18)15-6-4-3-5-7-15/h3-12H,2,13H2,1H3,(H,21,24)(H,22,25). The summed E-state index contributed by atoms with van der Waals surface area (Å²) in [5.41, 5.74) is 2.97. The number of nitrogens with one attached hydrogen (secondary N) is 2. The molecule has 132 valence electrons. The maximum absolute atomic E-state index is 12.2. The van der Waals surface area contributed by atoms with Crippen molar-refractivity contribution in [1.29, 1.82) is 0 Å². The van der Waals surface area contributed by atoms with Crippen molar-refractivity contribution in [2.24, 2.45) is 0 Å². The molecule has 0 bridgehead atoms. The first-order chi connectivity index (χ1) is 12.7. The van der Waals surface area contributed by atoms with E-state index in [9.17, 15) is 9.59 Å². The average Bonchev–Trinajstić information content (AvgIpc) is 3.18. The lowest BCUT2D eigenvalue weighted by Gasteiger charge is -2.05. The van der Waals surface area contributed by atoms with Gasteiger partial charge in [0.2, 0.25) is 5.76 Å². The van der Waals surface area contributed by atoms with Crippen molar-refractivity contribution in [2.75, 3.05) is 6.54 Å². The van der Waals surface area contributed by atoms with Crippen LogP contribution in [0.1, 0.15) is 33.4 Å². The first-order valence-corrected chi connectivity index (χ1v) is 8.35. The Morgan fingerprint density at radius 3 is 2.38 bits per heavy atom. The van der Waals surface area contributed by atoms with E-state index in [1.165, 1.54) is 0 Å². The predicted octanol–water partition coefficient (Wildman–Crippen LogP) is 3.02. The van der Waals surface area contributed by atoms with E-state index in [2.05, 4.69) is 15.8 Å². The van der Waals surface area contributed by atoms with Crippen molar-refractivity contribution in [3.63, 3.8) is 0 Å². The molecular weight excluding hydrogens is 330 g/mol. The maximum atomic E-state index is 12.2. The van der Waals surface area contributed by atoms with Crippen LogP contribution in [0.15, 0.2) is 65.2 Å². The Hall–Kier alpha value is -3.41. The Labute approximate surface area is 151 Å². The molecule has 0 saturated heterocycles. The van der Waals surface area contributed by atoms with Gasteiger partial charge in [-0.2, -0.15) is 0 Å². The zero-order valence-corrected chi connectivity index (χ0v) is 14.4. The molecule has 0 unspecified atom stereocenters. The molecule has 2 amide bonds. The number of amides is 2. The lowest BCUT2D eigenvalue weighted by molar-refractivity contribution is 0.0912. The van der Waals surface area contributed by atoms with Crippen LogP contribution in [0.25, 0.3) is 11.3 Å². The number of benzene rings is 2. The Bertz CT molecular complexity index is 886. The lowest BCUT2D eigenvalue weighted by atomic mass is 10.1. The minimum atomic E-state index is -0.340. The fraction of sp³-hybridized carbons (Fsp3) is 0.150. The highest BCUT2D eigenvalue weighted by molar-refractivity contribution is 5.94. The van der Waals surface area contributed by atoms with E-state index in [-0.39, 0.29) is 17.6 Å².